The van der Waals surface area contributed by atoms with Crippen molar-refractivity contribution < 1.29 is 18.0 Å². The summed E-state index contributed by atoms with van der Waals surface area (Å²) >= 11 is 0. The molecule has 0 spiro atoms. The van der Waals surface area contributed by atoms with E-state index in [2.05, 4.69) is 11.4 Å². The molecule has 0 amide bonds. The van der Waals surface area contributed by atoms with Gasteiger partial charge in [-0.05, 0) is 40.0 Å². The Kier molecular flexibility index (Phi) is 4.62. The van der Waals surface area contributed by atoms with Crippen LogP contribution in [-0.2, 0) is 19.4 Å². The van der Waals surface area contributed by atoms with Crippen molar-refractivity contribution in [1.82, 2.24) is 5.32 Å². The van der Waals surface area contributed by atoms with Crippen molar-refractivity contribution in [3.8, 4) is 0 Å². The maximum absolute atomic E-state index is 13.0. The Hall–Kier alpha value is -1.53. The van der Waals surface area contributed by atoms with Gasteiger partial charge in [0.1, 0.15) is 5.25 Å². The zero-order valence-corrected chi connectivity index (χ0v) is 15.8. The van der Waals surface area contributed by atoms with Crippen LogP contribution in [0.2, 0.25) is 0 Å². The summed E-state index contributed by atoms with van der Waals surface area (Å²) in [6.07, 6.45) is 8.02. The lowest BCUT2D eigenvalue weighted by molar-refractivity contribution is -0.135. The fourth-order valence-corrected chi connectivity index (χ4v) is 5.71. The zero-order valence-electron chi connectivity index (χ0n) is 15.0. The van der Waals surface area contributed by atoms with Gasteiger partial charge in [-0.25, -0.2) is 8.42 Å². The number of nitrogens with one attached hydrogen (secondary N) is 1. The number of rotatable bonds is 3. The molecule has 5 nitrogen and oxygen atoms in total. The Bertz CT molecular complexity index is 814. The van der Waals surface area contributed by atoms with Crippen molar-refractivity contribution in [2.75, 3.05) is 12.3 Å². The predicted molar refractivity (Wildman–Crippen MR) is 96.9 cm³/mol. The Balaban J connectivity index is 1.95. The average molecular weight is 363 g/mol. The molecule has 1 saturated heterocycles. The third-order valence-corrected chi connectivity index (χ3v) is 7.51. The van der Waals surface area contributed by atoms with Crippen molar-refractivity contribution in [1.29, 1.82) is 0 Å². The fraction of sp³-hybridized carbons (Fsp3) is 0.579. The lowest BCUT2D eigenvalue weighted by atomic mass is 9.63. The Morgan fingerprint density at radius 3 is 2.76 bits per heavy atom. The second-order valence-corrected chi connectivity index (χ2v) is 9.88. The minimum Gasteiger partial charge on any atom is -0.305 e. The second kappa shape index (κ2) is 6.32. The number of Topliss-reactive ketones (excluding diaryl/α,β-unsaturated/α-hetero) is 2. The van der Waals surface area contributed by atoms with E-state index in [1.165, 1.54) is 5.57 Å². The van der Waals surface area contributed by atoms with Gasteiger partial charge in [-0.3, -0.25) is 9.59 Å². The van der Waals surface area contributed by atoms with Gasteiger partial charge >= 0.3 is 0 Å². The van der Waals surface area contributed by atoms with Gasteiger partial charge in [0.15, 0.2) is 21.4 Å². The van der Waals surface area contributed by atoms with Crippen LogP contribution in [-0.4, -0.2) is 43.6 Å². The van der Waals surface area contributed by atoms with Crippen molar-refractivity contribution in [2.24, 2.45) is 5.41 Å². The second-order valence-electron chi connectivity index (χ2n) is 7.64. The summed E-state index contributed by atoms with van der Waals surface area (Å²) in [5.41, 5.74) is 1.70. The molecule has 1 saturated carbocycles. The van der Waals surface area contributed by atoms with Crippen LogP contribution in [0.4, 0.5) is 0 Å². The first kappa shape index (κ1) is 18.3. The van der Waals surface area contributed by atoms with Crippen molar-refractivity contribution in [2.45, 2.75) is 51.3 Å². The third kappa shape index (κ3) is 3.06. The van der Waals surface area contributed by atoms with Crippen LogP contribution in [0.15, 0.2) is 34.9 Å². The van der Waals surface area contributed by atoms with Gasteiger partial charge in [-0.15, -0.1) is 0 Å². The van der Waals surface area contributed by atoms with Crippen molar-refractivity contribution in [3.05, 3.63) is 34.9 Å². The minimum absolute atomic E-state index is 0.0968. The topological polar surface area (TPSA) is 80.3 Å². The van der Waals surface area contributed by atoms with Crippen LogP contribution in [0, 0.1) is 5.41 Å². The highest BCUT2D eigenvalue weighted by Crippen LogP contribution is 2.45. The maximum Gasteiger partial charge on any atom is 0.180 e. The molecule has 3 unspecified atom stereocenters. The Morgan fingerprint density at radius 1 is 1.36 bits per heavy atom. The van der Waals surface area contributed by atoms with E-state index >= 15 is 0 Å². The molecule has 25 heavy (non-hydrogen) atoms. The quantitative estimate of drug-likeness (QED) is 0.775. The molecular formula is C19H25NO4S. The summed E-state index contributed by atoms with van der Waals surface area (Å²) < 4.78 is 24.8. The first-order chi connectivity index (χ1) is 11.7. The Labute approximate surface area is 149 Å². The molecule has 1 heterocycles. The number of ketones is 2. The predicted octanol–water partition coefficient (Wildman–Crippen LogP) is 1.90. The number of carbonyl (C=O) groups is 2. The van der Waals surface area contributed by atoms with Gasteiger partial charge in [-0.1, -0.05) is 29.4 Å². The number of hydrogen-bond acceptors (Lipinski definition) is 5. The molecule has 136 valence electrons. The van der Waals surface area contributed by atoms with E-state index in [0.717, 1.165) is 18.4 Å². The molecule has 0 radical (unpaired) electrons. The summed E-state index contributed by atoms with van der Waals surface area (Å²) in [7, 11) is -3.59. The van der Waals surface area contributed by atoms with Crippen LogP contribution < -0.4 is 5.32 Å². The number of fused-ring (bicyclic) bond motifs is 2. The monoisotopic (exact) mass is 363 g/mol. The van der Waals surface area contributed by atoms with E-state index in [9.17, 15) is 18.0 Å². The molecule has 3 atom stereocenters. The van der Waals surface area contributed by atoms with Crippen LogP contribution in [0.3, 0.4) is 0 Å². The number of carbonyl (C=O) groups excluding carboxylic acids is 2. The molecule has 0 aromatic rings. The summed E-state index contributed by atoms with van der Waals surface area (Å²) in [6, 6.07) is -0.908. The molecule has 3 aliphatic rings. The largest absolute Gasteiger partial charge is 0.305 e. The first-order valence-corrected chi connectivity index (χ1v) is 10.5. The fourth-order valence-electron chi connectivity index (χ4n) is 3.97. The van der Waals surface area contributed by atoms with Gasteiger partial charge in [0, 0.05) is 12.1 Å². The van der Waals surface area contributed by atoms with E-state index < -0.39 is 32.3 Å². The van der Waals surface area contributed by atoms with E-state index in [1.807, 2.05) is 19.9 Å². The number of hydrogen-bond donors (Lipinski definition) is 1. The summed E-state index contributed by atoms with van der Waals surface area (Å²) in [5, 5.41) is 1.71. The smallest absolute Gasteiger partial charge is 0.180 e. The highest BCUT2D eigenvalue weighted by molar-refractivity contribution is 7.93. The average Bonchev–Trinajstić information content (AvgIpc) is 2.52. The molecule has 1 aliphatic heterocycles. The normalized spacial score (nSPS) is 33.7. The molecule has 3 rings (SSSR count). The van der Waals surface area contributed by atoms with Gasteiger partial charge in [-0.2, -0.15) is 0 Å². The van der Waals surface area contributed by atoms with Crippen molar-refractivity contribution >= 4 is 21.4 Å². The molecular weight excluding hydrogens is 338 g/mol. The molecule has 2 aliphatic carbocycles. The summed E-state index contributed by atoms with van der Waals surface area (Å²) in [5.74, 6) is -0.668. The molecule has 0 bridgehead atoms. The van der Waals surface area contributed by atoms with Crippen LogP contribution in [0.5, 0.6) is 0 Å². The van der Waals surface area contributed by atoms with Gasteiger partial charge in [0.05, 0.1) is 17.2 Å². The van der Waals surface area contributed by atoms with E-state index in [1.54, 1.807) is 13.0 Å². The molecule has 2 fully saturated rings. The number of sulfone groups is 1. The molecule has 0 aromatic carbocycles. The number of allylic oxidation sites excluding steroid dienone is 6. The maximum atomic E-state index is 13.0. The molecule has 6 heteroatoms. The zero-order chi connectivity index (χ0) is 18.4. The Morgan fingerprint density at radius 2 is 2.08 bits per heavy atom. The SMILES string of the molecule is CC(C)=CCCC1=CCC2(C)C(=O)C3NCCS(=O)(=O)C3C(=O)C2=C1. The molecule has 0 aromatic heterocycles. The van der Waals surface area contributed by atoms with E-state index in [4.69, 9.17) is 0 Å². The molecule has 1 N–H and O–H groups in total. The van der Waals surface area contributed by atoms with Crippen molar-refractivity contribution in [3.63, 3.8) is 0 Å². The van der Waals surface area contributed by atoms with Crippen LogP contribution >= 0.6 is 0 Å². The summed E-state index contributed by atoms with van der Waals surface area (Å²) in [4.78, 5) is 26.0. The standard InChI is InChI=1S/C19H25NO4S/c1-12(2)5-4-6-13-7-8-19(3)14(11-13)16(21)17-15(18(19)22)20-9-10-25(17,23)24/h5,7,11,15,17,20H,4,6,8-10H2,1-3H3. The van der Waals surface area contributed by atoms with E-state index in [-0.39, 0.29) is 18.1 Å². The summed E-state index contributed by atoms with van der Waals surface area (Å²) in [6.45, 7) is 6.06. The lowest BCUT2D eigenvalue weighted by Gasteiger charge is -2.44. The van der Waals surface area contributed by atoms with Gasteiger partial charge in [0.2, 0.25) is 0 Å². The van der Waals surface area contributed by atoms with Crippen LogP contribution in [0.25, 0.3) is 0 Å². The van der Waals surface area contributed by atoms with Crippen LogP contribution in [0.1, 0.15) is 40.0 Å². The highest BCUT2D eigenvalue weighted by atomic mass is 32.2. The van der Waals surface area contributed by atoms with E-state index in [0.29, 0.717) is 12.0 Å². The third-order valence-electron chi connectivity index (χ3n) is 5.47. The van der Waals surface area contributed by atoms with Gasteiger partial charge < -0.3 is 5.32 Å². The van der Waals surface area contributed by atoms with Gasteiger partial charge in [0.25, 0.3) is 0 Å². The highest BCUT2D eigenvalue weighted by Gasteiger charge is 2.58. The lowest BCUT2D eigenvalue weighted by Crippen LogP contribution is -2.66. The first-order valence-electron chi connectivity index (χ1n) is 8.75. The minimum atomic E-state index is -3.59.